The molecule has 7 aromatic carbocycles. The van der Waals surface area contributed by atoms with Gasteiger partial charge in [0.05, 0.1) is 27.9 Å². The maximum atomic E-state index is 5.22. The number of benzene rings is 7. The lowest BCUT2D eigenvalue weighted by molar-refractivity contribution is 0.690. The zero-order chi connectivity index (χ0) is 35.0. The van der Waals surface area contributed by atoms with Crippen LogP contribution in [0.4, 0.5) is 0 Å². The van der Waals surface area contributed by atoms with Gasteiger partial charge in [-0.3, -0.25) is 0 Å². The molecule has 1 aliphatic rings. The maximum Gasteiger partial charge on any atom is 0.0973 e. The van der Waals surface area contributed by atoms with E-state index in [4.69, 9.17) is 9.97 Å². The van der Waals surface area contributed by atoms with E-state index in [2.05, 4.69) is 151 Å². The number of fused-ring (bicyclic) bond motifs is 10. The molecule has 0 radical (unpaired) electrons. The van der Waals surface area contributed by atoms with Crippen LogP contribution in [0, 0.1) is 5.92 Å². The molecule has 0 N–H and O–H groups in total. The highest BCUT2D eigenvalue weighted by atomic mass is 32.1. The van der Waals surface area contributed by atoms with Gasteiger partial charge in [0.25, 0.3) is 0 Å². The fraction of sp³-hybridized carbons (Fsp3) is 0.0612. The van der Waals surface area contributed by atoms with Crippen LogP contribution in [0.5, 0.6) is 0 Å². The summed E-state index contributed by atoms with van der Waals surface area (Å²) in [6.07, 6.45) is 5.73. The molecule has 10 aromatic rings. The second kappa shape index (κ2) is 11.8. The standard InChI is InChI=1S/C49H33N3S/c1-30-15-24-38-43(29-30)52(42-27-25-37-36(46(38)42)26-28-45-47(37)39-11-5-8-14-44(39)53-45)35-22-20-34(21-23-35)49-48(50-40-12-6-7-13-41(40)51-49)33-18-16-32(17-19-33)31-9-3-2-4-10-31/h2-28,30H,29H2,1H3. The van der Waals surface area contributed by atoms with E-state index in [-0.39, 0.29) is 0 Å². The van der Waals surface area contributed by atoms with Gasteiger partial charge in [-0.15, -0.1) is 11.3 Å². The first kappa shape index (κ1) is 30.3. The minimum absolute atomic E-state index is 0.465. The molecule has 0 saturated heterocycles. The number of thiophene rings is 1. The molecule has 3 aromatic heterocycles. The summed E-state index contributed by atoms with van der Waals surface area (Å²) in [7, 11) is 0. The van der Waals surface area contributed by atoms with Crippen LogP contribution >= 0.6 is 11.3 Å². The van der Waals surface area contributed by atoms with Gasteiger partial charge in [0, 0.05) is 53.6 Å². The molecule has 1 aliphatic carbocycles. The number of nitrogens with zero attached hydrogens (tertiary/aromatic N) is 3. The molecule has 0 aliphatic heterocycles. The average molecular weight is 696 g/mol. The summed E-state index contributed by atoms with van der Waals surface area (Å²) >= 11 is 1.88. The molecule has 0 amide bonds. The van der Waals surface area contributed by atoms with Gasteiger partial charge in [0.15, 0.2) is 0 Å². The number of aromatic nitrogens is 3. The molecule has 0 bridgehead atoms. The third-order valence-electron chi connectivity index (χ3n) is 10.9. The SMILES string of the molecule is CC1C=Cc2c(n(-c3ccc(-c4nc5ccccc5nc4-c4ccc(-c5ccccc5)cc4)cc3)c3ccc4c(ccc5sc6ccccc6c54)c23)C1. The van der Waals surface area contributed by atoms with Crippen molar-refractivity contribution in [1.82, 2.24) is 14.5 Å². The minimum Gasteiger partial charge on any atom is -0.313 e. The minimum atomic E-state index is 0.465. The Kier molecular flexibility index (Phi) is 6.77. The van der Waals surface area contributed by atoms with Crippen molar-refractivity contribution in [2.75, 3.05) is 0 Å². The van der Waals surface area contributed by atoms with E-state index in [0.29, 0.717) is 5.92 Å². The Balaban J connectivity index is 1.07. The topological polar surface area (TPSA) is 30.7 Å². The summed E-state index contributed by atoms with van der Waals surface area (Å²) in [5, 5.41) is 6.69. The van der Waals surface area contributed by atoms with Crippen molar-refractivity contribution in [1.29, 1.82) is 0 Å². The van der Waals surface area contributed by atoms with Crippen LogP contribution in [0.1, 0.15) is 18.2 Å². The van der Waals surface area contributed by atoms with Crippen LogP contribution in [0.25, 0.3) is 98.3 Å². The van der Waals surface area contributed by atoms with Crippen molar-refractivity contribution in [3.05, 3.63) is 169 Å². The number of para-hydroxylation sites is 2. The first-order chi connectivity index (χ1) is 26.2. The molecule has 1 atom stereocenters. The number of hydrogen-bond acceptors (Lipinski definition) is 3. The number of hydrogen-bond donors (Lipinski definition) is 0. The lowest BCUT2D eigenvalue weighted by atomic mass is 9.92. The lowest BCUT2D eigenvalue weighted by Crippen LogP contribution is -2.08. The fourth-order valence-corrected chi connectivity index (χ4v) is 9.55. The van der Waals surface area contributed by atoms with Crippen molar-refractivity contribution < 1.29 is 0 Å². The Morgan fingerprint density at radius 1 is 0.528 bits per heavy atom. The second-order valence-corrected chi connectivity index (χ2v) is 15.3. The number of rotatable bonds is 4. The largest absolute Gasteiger partial charge is 0.313 e. The summed E-state index contributed by atoms with van der Waals surface area (Å²) in [6, 6.07) is 54.5. The molecule has 0 spiro atoms. The summed E-state index contributed by atoms with van der Waals surface area (Å²) < 4.78 is 5.18. The van der Waals surface area contributed by atoms with E-state index >= 15 is 0 Å². The Morgan fingerprint density at radius 3 is 1.89 bits per heavy atom. The molecule has 53 heavy (non-hydrogen) atoms. The van der Waals surface area contributed by atoms with Crippen LogP contribution in [0.3, 0.4) is 0 Å². The monoisotopic (exact) mass is 695 g/mol. The van der Waals surface area contributed by atoms with E-state index in [9.17, 15) is 0 Å². The van der Waals surface area contributed by atoms with Crippen molar-refractivity contribution in [2.24, 2.45) is 5.92 Å². The smallest absolute Gasteiger partial charge is 0.0973 e. The van der Waals surface area contributed by atoms with Crippen molar-refractivity contribution in [3.63, 3.8) is 0 Å². The molecule has 3 heterocycles. The van der Waals surface area contributed by atoms with Gasteiger partial charge in [0.1, 0.15) is 0 Å². The van der Waals surface area contributed by atoms with Crippen LogP contribution < -0.4 is 0 Å². The van der Waals surface area contributed by atoms with Gasteiger partial charge in [-0.05, 0) is 76.7 Å². The van der Waals surface area contributed by atoms with Gasteiger partial charge >= 0.3 is 0 Å². The molecular weight excluding hydrogens is 663 g/mol. The molecule has 250 valence electrons. The highest BCUT2D eigenvalue weighted by Crippen LogP contribution is 2.44. The van der Waals surface area contributed by atoms with Gasteiger partial charge in [0.2, 0.25) is 0 Å². The van der Waals surface area contributed by atoms with E-state index in [0.717, 1.165) is 45.7 Å². The van der Waals surface area contributed by atoms with Gasteiger partial charge in [-0.1, -0.05) is 128 Å². The molecular formula is C49H33N3S. The Morgan fingerprint density at radius 2 is 1.13 bits per heavy atom. The molecule has 0 fully saturated rings. The zero-order valence-electron chi connectivity index (χ0n) is 29.1. The van der Waals surface area contributed by atoms with Crippen molar-refractivity contribution in [3.8, 4) is 39.3 Å². The van der Waals surface area contributed by atoms with E-state index in [1.54, 1.807) is 0 Å². The average Bonchev–Trinajstić information content (AvgIpc) is 3.76. The predicted molar refractivity (Wildman–Crippen MR) is 225 cm³/mol. The summed E-state index contributed by atoms with van der Waals surface area (Å²) in [4.78, 5) is 10.4. The van der Waals surface area contributed by atoms with Gasteiger partial charge in [-0.2, -0.15) is 0 Å². The van der Waals surface area contributed by atoms with Crippen LogP contribution in [0.2, 0.25) is 0 Å². The molecule has 11 rings (SSSR count). The summed E-state index contributed by atoms with van der Waals surface area (Å²) in [6.45, 7) is 2.32. The van der Waals surface area contributed by atoms with Crippen LogP contribution in [0.15, 0.2) is 158 Å². The van der Waals surface area contributed by atoms with Gasteiger partial charge < -0.3 is 4.57 Å². The first-order valence-corrected chi connectivity index (χ1v) is 19.1. The number of allylic oxidation sites excluding steroid dienone is 1. The Hall–Kier alpha value is -6.36. The lowest BCUT2D eigenvalue weighted by Gasteiger charge is -2.17. The van der Waals surface area contributed by atoms with Crippen LogP contribution in [-0.2, 0) is 6.42 Å². The van der Waals surface area contributed by atoms with E-state index in [1.165, 1.54) is 64.2 Å². The molecule has 3 nitrogen and oxygen atoms in total. The quantitative estimate of drug-likeness (QED) is 0.183. The Bertz CT molecular complexity index is 3080. The normalized spacial score (nSPS) is 14.2. The summed E-state index contributed by atoms with van der Waals surface area (Å²) in [5.74, 6) is 0.465. The van der Waals surface area contributed by atoms with Crippen LogP contribution in [-0.4, -0.2) is 14.5 Å². The van der Waals surface area contributed by atoms with Crippen molar-refractivity contribution in [2.45, 2.75) is 13.3 Å². The maximum absolute atomic E-state index is 5.22. The highest BCUT2D eigenvalue weighted by Gasteiger charge is 2.24. The second-order valence-electron chi connectivity index (χ2n) is 14.2. The third kappa shape index (κ3) is 4.79. The Labute approximate surface area is 311 Å². The fourth-order valence-electron chi connectivity index (χ4n) is 8.43. The zero-order valence-corrected chi connectivity index (χ0v) is 29.9. The van der Waals surface area contributed by atoms with E-state index < -0.39 is 0 Å². The first-order valence-electron chi connectivity index (χ1n) is 18.3. The molecule has 1 unspecified atom stereocenters. The highest BCUT2D eigenvalue weighted by molar-refractivity contribution is 7.26. The van der Waals surface area contributed by atoms with E-state index in [1.807, 2.05) is 35.6 Å². The predicted octanol–water partition coefficient (Wildman–Crippen LogP) is 13.3. The molecule has 0 saturated carbocycles. The third-order valence-corrected chi connectivity index (χ3v) is 12.1. The summed E-state index contributed by atoms with van der Waals surface area (Å²) in [5.41, 5.74) is 13.1. The molecule has 4 heteroatoms. The van der Waals surface area contributed by atoms with Gasteiger partial charge in [-0.25, -0.2) is 9.97 Å². The van der Waals surface area contributed by atoms with Crippen molar-refractivity contribution >= 4 is 70.3 Å².